The van der Waals surface area contributed by atoms with Gasteiger partial charge in [0.15, 0.2) is 11.6 Å². The maximum absolute atomic E-state index is 13.8. The number of hydrogen-bond acceptors (Lipinski definition) is 3. The summed E-state index contributed by atoms with van der Waals surface area (Å²) in [5.41, 5.74) is 0.450. The molecule has 1 aromatic carbocycles. The molecule has 0 spiro atoms. The first-order valence-electron chi connectivity index (χ1n) is 6.51. The van der Waals surface area contributed by atoms with E-state index in [1.807, 2.05) is 26.8 Å². The molecule has 0 aromatic heterocycles. The predicted molar refractivity (Wildman–Crippen MR) is 73.3 cm³/mol. The van der Waals surface area contributed by atoms with Crippen molar-refractivity contribution < 1.29 is 9.13 Å². The molecule has 0 saturated carbocycles. The van der Waals surface area contributed by atoms with Gasteiger partial charge in [-0.15, -0.1) is 0 Å². The van der Waals surface area contributed by atoms with Crippen molar-refractivity contribution in [2.75, 3.05) is 13.2 Å². The number of rotatable bonds is 7. The largest absolute Gasteiger partial charge is 0.490 e. The van der Waals surface area contributed by atoms with E-state index in [0.717, 1.165) is 12.1 Å². The molecule has 1 N–H and O–H groups in total. The Labute approximate surface area is 114 Å². The average Bonchev–Trinajstić information content (AvgIpc) is 2.38. The molecule has 1 aromatic rings. The Morgan fingerprint density at radius 1 is 1.42 bits per heavy atom. The topological polar surface area (TPSA) is 45.0 Å². The van der Waals surface area contributed by atoms with Gasteiger partial charge in [-0.05, 0) is 44.5 Å². The maximum Gasteiger partial charge on any atom is 0.165 e. The molecule has 0 atom stereocenters. The number of ether oxygens (including phenoxy) is 1. The van der Waals surface area contributed by atoms with Crippen molar-refractivity contribution in [3.63, 3.8) is 0 Å². The van der Waals surface area contributed by atoms with Gasteiger partial charge in [-0.25, -0.2) is 4.39 Å². The van der Waals surface area contributed by atoms with Crippen LogP contribution in [0.25, 0.3) is 0 Å². The van der Waals surface area contributed by atoms with Gasteiger partial charge in [0.2, 0.25) is 0 Å². The Morgan fingerprint density at radius 3 is 2.74 bits per heavy atom. The Hall–Kier alpha value is -1.60. The van der Waals surface area contributed by atoms with Crippen molar-refractivity contribution in [2.24, 2.45) is 5.41 Å². The van der Waals surface area contributed by atoms with Gasteiger partial charge in [-0.1, -0.05) is 13.0 Å². The number of nitriles is 1. The highest BCUT2D eigenvalue weighted by atomic mass is 19.1. The molecule has 0 saturated heterocycles. The first-order chi connectivity index (χ1) is 8.98. The van der Waals surface area contributed by atoms with Crippen LogP contribution in [0.1, 0.15) is 32.8 Å². The summed E-state index contributed by atoms with van der Waals surface area (Å²) in [5.74, 6) is -0.112. The molecule has 0 aliphatic rings. The second-order valence-electron chi connectivity index (χ2n) is 5.14. The van der Waals surface area contributed by atoms with E-state index < -0.39 is 5.41 Å². The van der Waals surface area contributed by atoms with Gasteiger partial charge in [0.25, 0.3) is 0 Å². The quantitative estimate of drug-likeness (QED) is 0.822. The van der Waals surface area contributed by atoms with Gasteiger partial charge in [0.1, 0.15) is 0 Å². The predicted octanol–water partition coefficient (Wildman–Crippen LogP) is 3.25. The van der Waals surface area contributed by atoms with Crippen LogP contribution in [-0.2, 0) is 6.54 Å². The summed E-state index contributed by atoms with van der Waals surface area (Å²) in [5, 5.41) is 12.0. The molecule has 0 radical (unpaired) electrons. The lowest BCUT2D eigenvalue weighted by Gasteiger charge is -2.15. The molecule has 1 rings (SSSR count). The van der Waals surface area contributed by atoms with E-state index in [0.29, 0.717) is 19.6 Å². The molecule has 19 heavy (non-hydrogen) atoms. The number of nitrogens with one attached hydrogen (secondary N) is 1. The molecule has 3 nitrogen and oxygen atoms in total. The number of hydrogen-bond donors (Lipinski definition) is 1. The number of halogens is 1. The van der Waals surface area contributed by atoms with Gasteiger partial charge in [0, 0.05) is 6.54 Å². The Morgan fingerprint density at radius 2 is 2.16 bits per heavy atom. The highest BCUT2D eigenvalue weighted by molar-refractivity contribution is 5.29. The third kappa shape index (κ3) is 5.27. The lowest BCUT2D eigenvalue weighted by atomic mass is 9.92. The van der Waals surface area contributed by atoms with Crippen molar-refractivity contribution in [3.8, 4) is 11.8 Å². The molecule has 0 aliphatic heterocycles. The summed E-state index contributed by atoms with van der Waals surface area (Å²) < 4.78 is 19.1. The second kappa shape index (κ2) is 7.10. The number of benzene rings is 1. The zero-order chi connectivity index (χ0) is 14.3. The van der Waals surface area contributed by atoms with E-state index in [-0.39, 0.29) is 11.6 Å². The third-order valence-electron chi connectivity index (χ3n) is 2.86. The first-order valence-corrected chi connectivity index (χ1v) is 6.51. The fourth-order valence-corrected chi connectivity index (χ4v) is 1.51. The van der Waals surface area contributed by atoms with Gasteiger partial charge in [0.05, 0.1) is 18.1 Å². The Kier molecular flexibility index (Phi) is 5.78. The molecule has 4 heteroatoms. The van der Waals surface area contributed by atoms with Crippen LogP contribution in [-0.4, -0.2) is 13.2 Å². The van der Waals surface area contributed by atoms with E-state index in [1.165, 1.54) is 6.07 Å². The van der Waals surface area contributed by atoms with Gasteiger partial charge >= 0.3 is 0 Å². The van der Waals surface area contributed by atoms with Crippen molar-refractivity contribution in [3.05, 3.63) is 29.6 Å². The standard InChI is InChI=1S/C15H21FN2O/c1-4-18-10-12-5-6-14(13(16)9-12)19-8-7-15(2,3)11-17/h5-6,9,18H,4,7-8,10H2,1-3H3. The van der Waals surface area contributed by atoms with E-state index in [4.69, 9.17) is 10.00 Å². The summed E-state index contributed by atoms with van der Waals surface area (Å²) in [6.07, 6.45) is 0.572. The summed E-state index contributed by atoms with van der Waals surface area (Å²) >= 11 is 0. The molecule has 0 unspecified atom stereocenters. The van der Waals surface area contributed by atoms with Crippen molar-refractivity contribution >= 4 is 0 Å². The molecule has 0 heterocycles. The highest BCUT2D eigenvalue weighted by Gasteiger charge is 2.16. The molecule has 0 amide bonds. The van der Waals surface area contributed by atoms with Crippen LogP contribution in [0.15, 0.2) is 18.2 Å². The minimum atomic E-state index is -0.443. The SMILES string of the molecule is CCNCc1ccc(OCCC(C)(C)C#N)c(F)c1. The van der Waals surface area contributed by atoms with Crippen LogP contribution in [0.2, 0.25) is 0 Å². The smallest absolute Gasteiger partial charge is 0.165 e. The monoisotopic (exact) mass is 264 g/mol. The zero-order valence-corrected chi connectivity index (χ0v) is 11.8. The maximum atomic E-state index is 13.8. The van der Waals surface area contributed by atoms with Crippen LogP contribution in [0, 0.1) is 22.6 Å². The molecule has 0 bridgehead atoms. The van der Waals surface area contributed by atoms with E-state index >= 15 is 0 Å². The molecule has 0 aliphatic carbocycles. The summed E-state index contributed by atoms with van der Waals surface area (Å²) in [6.45, 7) is 7.52. The molecular formula is C15H21FN2O. The van der Waals surface area contributed by atoms with Crippen molar-refractivity contribution in [2.45, 2.75) is 33.7 Å². The van der Waals surface area contributed by atoms with E-state index in [2.05, 4.69) is 11.4 Å². The minimum absolute atomic E-state index is 0.244. The summed E-state index contributed by atoms with van der Waals surface area (Å²) in [7, 11) is 0. The van der Waals surface area contributed by atoms with Gasteiger partial charge in [-0.2, -0.15) is 5.26 Å². The molecule has 104 valence electrons. The van der Waals surface area contributed by atoms with Crippen LogP contribution >= 0.6 is 0 Å². The van der Waals surface area contributed by atoms with Crippen LogP contribution in [0.3, 0.4) is 0 Å². The van der Waals surface area contributed by atoms with E-state index in [1.54, 1.807) is 6.07 Å². The van der Waals surface area contributed by atoms with Gasteiger partial charge < -0.3 is 10.1 Å². The fraction of sp³-hybridized carbons (Fsp3) is 0.533. The normalized spacial score (nSPS) is 11.1. The highest BCUT2D eigenvalue weighted by Crippen LogP contribution is 2.22. The second-order valence-corrected chi connectivity index (χ2v) is 5.14. The number of nitrogens with zero attached hydrogens (tertiary/aromatic N) is 1. The first kappa shape index (κ1) is 15.5. The lowest BCUT2D eigenvalue weighted by molar-refractivity contribution is 0.254. The van der Waals surface area contributed by atoms with Crippen molar-refractivity contribution in [1.29, 1.82) is 5.26 Å². The minimum Gasteiger partial charge on any atom is -0.490 e. The average molecular weight is 264 g/mol. The zero-order valence-electron chi connectivity index (χ0n) is 11.8. The third-order valence-corrected chi connectivity index (χ3v) is 2.86. The van der Waals surface area contributed by atoms with Crippen molar-refractivity contribution in [1.82, 2.24) is 5.32 Å². The van der Waals surface area contributed by atoms with E-state index in [9.17, 15) is 4.39 Å². The lowest BCUT2D eigenvalue weighted by Crippen LogP contribution is -2.14. The Bertz CT molecular complexity index is 452. The molecular weight excluding hydrogens is 243 g/mol. The van der Waals surface area contributed by atoms with Crippen LogP contribution in [0.4, 0.5) is 4.39 Å². The summed E-state index contributed by atoms with van der Waals surface area (Å²) in [4.78, 5) is 0. The molecule has 0 fully saturated rings. The fourth-order valence-electron chi connectivity index (χ4n) is 1.51. The van der Waals surface area contributed by atoms with Gasteiger partial charge in [-0.3, -0.25) is 0 Å². The van der Waals surface area contributed by atoms with Crippen LogP contribution < -0.4 is 10.1 Å². The summed E-state index contributed by atoms with van der Waals surface area (Å²) in [6, 6.07) is 7.16. The Balaban J connectivity index is 2.54. The van der Waals surface area contributed by atoms with Crippen LogP contribution in [0.5, 0.6) is 5.75 Å².